The zero-order valence-corrected chi connectivity index (χ0v) is 8.22. The molecule has 0 fully saturated rings. The number of nitrogens with one attached hydrogen (secondary N) is 1. The van der Waals surface area contributed by atoms with E-state index in [1.807, 2.05) is 6.26 Å². The van der Waals surface area contributed by atoms with Crippen LogP contribution in [0, 0.1) is 10.1 Å². The largest absolute Gasteiger partial charge is 0.387 e. The number of nitro groups is 1. The summed E-state index contributed by atoms with van der Waals surface area (Å²) < 4.78 is 0. The van der Waals surface area contributed by atoms with Gasteiger partial charge in [0.2, 0.25) is 0 Å². The second kappa shape index (κ2) is 4.13. The second-order valence-electron chi connectivity index (χ2n) is 2.39. The average Bonchev–Trinajstić information content (AvgIpc) is 2.16. The second-order valence-corrected chi connectivity index (χ2v) is 3.24. The number of hydrogen-bond donors (Lipinski definition) is 1. The van der Waals surface area contributed by atoms with Gasteiger partial charge in [0, 0.05) is 29.8 Å². The Hall–Kier alpha value is -1.23. The first-order chi connectivity index (χ1) is 6.19. The molecule has 4 nitrogen and oxygen atoms in total. The summed E-state index contributed by atoms with van der Waals surface area (Å²) in [5.74, 6) is 0. The Balaban J connectivity index is 3.13. The number of thioether (sulfide) groups is 1. The van der Waals surface area contributed by atoms with Crippen molar-refractivity contribution in [2.75, 3.05) is 18.6 Å². The number of anilines is 1. The SMILES string of the molecule is CNc1ccc([N+](=O)[O-])cc1SC. The minimum atomic E-state index is -0.390. The number of non-ortho nitro benzene ring substituents is 1. The lowest BCUT2D eigenvalue weighted by Gasteiger charge is -2.05. The molecular weight excluding hydrogens is 188 g/mol. The smallest absolute Gasteiger partial charge is 0.270 e. The number of benzene rings is 1. The first-order valence-corrected chi connectivity index (χ1v) is 4.91. The molecule has 0 atom stereocenters. The Morgan fingerprint density at radius 1 is 1.54 bits per heavy atom. The number of rotatable bonds is 3. The Morgan fingerprint density at radius 3 is 2.69 bits per heavy atom. The fourth-order valence-corrected chi connectivity index (χ4v) is 1.63. The van der Waals surface area contributed by atoms with Crippen LogP contribution in [-0.2, 0) is 0 Å². The molecule has 0 amide bonds. The lowest BCUT2D eigenvalue weighted by Crippen LogP contribution is -1.93. The Bertz CT molecular complexity index is 328. The van der Waals surface area contributed by atoms with Gasteiger partial charge in [-0.1, -0.05) is 0 Å². The Kier molecular flexibility index (Phi) is 3.13. The van der Waals surface area contributed by atoms with Crippen LogP contribution in [0.5, 0.6) is 0 Å². The Morgan fingerprint density at radius 2 is 2.23 bits per heavy atom. The van der Waals surface area contributed by atoms with E-state index in [2.05, 4.69) is 5.32 Å². The van der Waals surface area contributed by atoms with Gasteiger partial charge in [0.1, 0.15) is 0 Å². The molecule has 1 aromatic rings. The normalized spacial score (nSPS) is 9.69. The number of nitro benzene ring substituents is 1. The number of nitrogens with zero attached hydrogens (tertiary/aromatic N) is 1. The van der Waals surface area contributed by atoms with Crippen molar-refractivity contribution >= 4 is 23.1 Å². The minimum absolute atomic E-state index is 0.128. The third kappa shape index (κ3) is 2.12. The van der Waals surface area contributed by atoms with Crippen LogP contribution in [-0.4, -0.2) is 18.2 Å². The van der Waals surface area contributed by atoms with E-state index in [4.69, 9.17) is 0 Å². The molecule has 0 unspecified atom stereocenters. The standard InChI is InChI=1S/C8H10N2O2S/c1-9-7-4-3-6(10(11)12)5-8(7)13-2/h3-5,9H,1-2H3. The summed E-state index contributed by atoms with van der Waals surface area (Å²) in [6.07, 6.45) is 1.89. The third-order valence-corrected chi connectivity index (χ3v) is 2.44. The summed E-state index contributed by atoms with van der Waals surface area (Å²) in [6.45, 7) is 0. The molecule has 0 radical (unpaired) electrons. The molecule has 0 aliphatic carbocycles. The van der Waals surface area contributed by atoms with E-state index in [1.54, 1.807) is 19.2 Å². The molecule has 0 saturated carbocycles. The highest BCUT2D eigenvalue weighted by Crippen LogP contribution is 2.28. The first kappa shape index (κ1) is 9.85. The molecule has 0 saturated heterocycles. The molecule has 0 bridgehead atoms. The summed E-state index contributed by atoms with van der Waals surface area (Å²) in [5.41, 5.74) is 1.04. The monoisotopic (exact) mass is 198 g/mol. The van der Waals surface area contributed by atoms with Gasteiger partial charge in [-0.15, -0.1) is 11.8 Å². The van der Waals surface area contributed by atoms with E-state index in [0.29, 0.717) is 0 Å². The van der Waals surface area contributed by atoms with Crippen LogP contribution < -0.4 is 5.32 Å². The van der Waals surface area contributed by atoms with Gasteiger partial charge in [0.15, 0.2) is 0 Å². The zero-order valence-electron chi connectivity index (χ0n) is 7.40. The van der Waals surface area contributed by atoms with Crippen LogP contribution in [0.4, 0.5) is 11.4 Å². The van der Waals surface area contributed by atoms with E-state index in [9.17, 15) is 10.1 Å². The minimum Gasteiger partial charge on any atom is -0.387 e. The van der Waals surface area contributed by atoms with Crippen LogP contribution in [0.1, 0.15) is 0 Å². The molecule has 0 spiro atoms. The average molecular weight is 198 g/mol. The maximum Gasteiger partial charge on any atom is 0.270 e. The molecule has 1 N–H and O–H groups in total. The lowest BCUT2D eigenvalue weighted by atomic mass is 10.3. The van der Waals surface area contributed by atoms with Crippen LogP contribution in [0.3, 0.4) is 0 Å². The highest BCUT2D eigenvalue weighted by atomic mass is 32.2. The molecule has 0 aliphatic heterocycles. The van der Waals surface area contributed by atoms with Crippen molar-refractivity contribution in [1.29, 1.82) is 0 Å². The van der Waals surface area contributed by atoms with Gasteiger partial charge in [-0.2, -0.15) is 0 Å². The van der Waals surface area contributed by atoms with Gasteiger partial charge >= 0.3 is 0 Å². The maximum atomic E-state index is 10.4. The lowest BCUT2D eigenvalue weighted by molar-refractivity contribution is -0.385. The van der Waals surface area contributed by atoms with E-state index >= 15 is 0 Å². The molecular formula is C8H10N2O2S. The van der Waals surface area contributed by atoms with E-state index in [1.165, 1.54) is 17.8 Å². The van der Waals surface area contributed by atoms with E-state index < -0.39 is 0 Å². The fraction of sp³-hybridized carbons (Fsp3) is 0.250. The molecule has 0 aromatic heterocycles. The summed E-state index contributed by atoms with van der Waals surface area (Å²) in [5, 5.41) is 13.4. The van der Waals surface area contributed by atoms with Crippen molar-refractivity contribution in [2.45, 2.75) is 4.90 Å². The van der Waals surface area contributed by atoms with Crippen molar-refractivity contribution in [3.63, 3.8) is 0 Å². The molecule has 70 valence electrons. The van der Waals surface area contributed by atoms with E-state index in [-0.39, 0.29) is 10.6 Å². The predicted molar refractivity (Wildman–Crippen MR) is 54.4 cm³/mol. The van der Waals surface area contributed by atoms with Gasteiger partial charge < -0.3 is 5.32 Å². The van der Waals surface area contributed by atoms with Crippen LogP contribution in [0.2, 0.25) is 0 Å². The summed E-state index contributed by atoms with van der Waals surface area (Å²) in [6, 6.07) is 4.77. The molecule has 5 heteroatoms. The molecule has 13 heavy (non-hydrogen) atoms. The predicted octanol–water partition coefficient (Wildman–Crippen LogP) is 2.36. The maximum absolute atomic E-state index is 10.4. The van der Waals surface area contributed by atoms with Crippen molar-refractivity contribution in [3.8, 4) is 0 Å². The molecule has 1 rings (SSSR count). The summed E-state index contributed by atoms with van der Waals surface area (Å²) in [7, 11) is 1.79. The van der Waals surface area contributed by atoms with Crippen LogP contribution in [0.15, 0.2) is 23.1 Å². The van der Waals surface area contributed by atoms with Crippen molar-refractivity contribution in [3.05, 3.63) is 28.3 Å². The van der Waals surface area contributed by atoms with Crippen molar-refractivity contribution < 1.29 is 4.92 Å². The van der Waals surface area contributed by atoms with Gasteiger partial charge in [0.05, 0.1) is 4.92 Å². The summed E-state index contributed by atoms with van der Waals surface area (Å²) in [4.78, 5) is 10.9. The quantitative estimate of drug-likeness (QED) is 0.460. The van der Waals surface area contributed by atoms with Gasteiger partial charge in [-0.3, -0.25) is 10.1 Å². The fourth-order valence-electron chi connectivity index (χ4n) is 1.00. The first-order valence-electron chi connectivity index (χ1n) is 3.69. The van der Waals surface area contributed by atoms with Crippen LogP contribution >= 0.6 is 11.8 Å². The number of hydrogen-bond acceptors (Lipinski definition) is 4. The van der Waals surface area contributed by atoms with Gasteiger partial charge in [0.25, 0.3) is 5.69 Å². The van der Waals surface area contributed by atoms with Gasteiger partial charge in [-0.05, 0) is 12.3 Å². The van der Waals surface area contributed by atoms with Gasteiger partial charge in [-0.25, -0.2) is 0 Å². The highest BCUT2D eigenvalue weighted by molar-refractivity contribution is 7.98. The highest BCUT2D eigenvalue weighted by Gasteiger charge is 2.08. The molecule has 0 heterocycles. The van der Waals surface area contributed by atoms with E-state index in [0.717, 1.165) is 10.6 Å². The topological polar surface area (TPSA) is 55.2 Å². The third-order valence-electron chi connectivity index (χ3n) is 1.67. The molecule has 0 aliphatic rings. The van der Waals surface area contributed by atoms with Crippen molar-refractivity contribution in [1.82, 2.24) is 0 Å². The summed E-state index contributed by atoms with van der Waals surface area (Å²) >= 11 is 1.48. The Labute approximate surface area is 80.5 Å². The van der Waals surface area contributed by atoms with Crippen LogP contribution in [0.25, 0.3) is 0 Å². The molecule has 1 aromatic carbocycles. The zero-order chi connectivity index (χ0) is 9.84. The van der Waals surface area contributed by atoms with Crippen molar-refractivity contribution in [2.24, 2.45) is 0 Å².